The van der Waals surface area contributed by atoms with Crippen LogP contribution in [0.5, 0.6) is 5.75 Å². The van der Waals surface area contributed by atoms with Gasteiger partial charge in [0.05, 0.1) is 0 Å². The van der Waals surface area contributed by atoms with Crippen molar-refractivity contribution < 1.29 is 4.74 Å². The molecule has 0 bridgehead atoms. The molecular formula is C15H14N2OSe. The minimum atomic E-state index is 0.873. The summed E-state index contributed by atoms with van der Waals surface area (Å²) in [6.07, 6.45) is 2.06. The molecule has 19 heavy (non-hydrogen) atoms. The van der Waals surface area contributed by atoms with Crippen molar-refractivity contribution in [2.75, 3.05) is 7.11 Å². The van der Waals surface area contributed by atoms with E-state index in [4.69, 9.17) is 4.74 Å². The second-order valence-electron chi connectivity index (χ2n) is 4.37. The van der Waals surface area contributed by atoms with Gasteiger partial charge in [0.15, 0.2) is 0 Å². The van der Waals surface area contributed by atoms with Crippen molar-refractivity contribution in [3.05, 3.63) is 53.0 Å². The number of benzene rings is 1. The van der Waals surface area contributed by atoms with E-state index in [0.29, 0.717) is 0 Å². The summed E-state index contributed by atoms with van der Waals surface area (Å²) in [6, 6.07) is 14.4. The second kappa shape index (κ2) is 4.72. The van der Waals surface area contributed by atoms with Gasteiger partial charge in [0, 0.05) is 0 Å². The van der Waals surface area contributed by atoms with Gasteiger partial charge < -0.3 is 0 Å². The zero-order chi connectivity index (χ0) is 13.4. The van der Waals surface area contributed by atoms with Crippen LogP contribution in [0.1, 0.15) is 0 Å². The molecule has 0 amide bonds. The zero-order valence-corrected chi connectivity index (χ0v) is 12.5. The van der Waals surface area contributed by atoms with Crippen molar-refractivity contribution in [3.63, 3.8) is 0 Å². The first-order valence-corrected chi connectivity index (χ1v) is 6.88. The summed E-state index contributed by atoms with van der Waals surface area (Å²) < 4.78 is 10.6. The van der Waals surface area contributed by atoms with Crippen molar-refractivity contribution in [3.8, 4) is 17.0 Å². The van der Waals surface area contributed by atoms with Gasteiger partial charge in [-0.1, -0.05) is 0 Å². The Morgan fingerprint density at radius 1 is 1.05 bits per heavy atom. The summed E-state index contributed by atoms with van der Waals surface area (Å²) in [7, 11) is 3.75. The van der Waals surface area contributed by atoms with E-state index >= 15 is 0 Å². The Morgan fingerprint density at radius 2 is 1.79 bits per heavy atom. The van der Waals surface area contributed by atoms with Crippen molar-refractivity contribution >= 4 is 21.1 Å². The molecule has 1 aromatic carbocycles. The molecule has 3 nitrogen and oxygen atoms in total. The summed E-state index contributed by atoms with van der Waals surface area (Å²) in [4.78, 5) is 0. The summed E-state index contributed by atoms with van der Waals surface area (Å²) in [5.41, 5.74) is 3.55. The molecule has 2 heterocycles. The molecule has 0 unspecified atom stereocenters. The average Bonchev–Trinajstić information content (AvgIpc) is 2.72. The number of fused-ring (bicyclic) bond motifs is 1. The molecule has 2 aromatic heterocycles. The summed E-state index contributed by atoms with van der Waals surface area (Å²) >= 11 is 3.13. The van der Waals surface area contributed by atoms with Gasteiger partial charge in [0.1, 0.15) is 0 Å². The molecular weight excluding hydrogens is 303 g/mol. The van der Waals surface area contributed by atoms with Gasteiger partial charge in [-0.2, -0.15) is 0 Å². The van der Waals surface area contributed by atoms with Crippen molar-refractivity contribution in [1.82, 2.24) is 8.97 Å². The molecule has 0 aliphatic carbocycles. The third kappa shape index (κ3) is 1.93. The monoisotopic (exact) mass is 318 g/mol. The number of imidazole rings is 1. The van der Waals surface area contributed by atoms with Crippen molar-refractivity contribution in [2.24, 2.45) is 7.05 Å². The number of hydrogen-bond acceptors (Lipinski definition) is 1. The van der Waals surface area contributed by atoms with E-state index in [1.807, 2.05) is 18.2 Å². The maximum atomic E-state index is 5.21. The average molecular weight is 317 g/mol. The van der Waals surface area contributed by atoms with Gasteiger partial charge >= 0.3 is 119 Å². The molecule has 3 aromatic rings. The number of pyridine rings is 1. The molecule has 96 valence electrons. The molecule has 0 saturated heterocycles. The van der Waals surface area contributed by atoms with Gasteiger partial charge in [-0.25, -0.2) is 0 Å². The first-order valence-electron chi connectivity index (χ1n) is 6.03. The van der Waals surface area contributed by atoms with Crippen LogP contribution in [0.4, 0.5) is 0 Å². The SMILES string of the molecule is COc1ccc(-c2c3ccccn3c(=[Se])n2C)cc1. The molecule has 0 fully saturated rings. The number of nitrogens with zero attached hydrogens (tertiary/aromatic N) is 2. The standard InChI is InChI=1S/C15H14N2OSe/c1-16-14(11-6-8-12(18-2)9-7-11)13-5-3-4-10-17(13)15(16)19/h3-10H,1-2H3. The van der Waals surface area contributed by atoms with E-state index in [0.717, 1.165) is 10.1 Å². The number of rotatable bonds is 2. The van der Waals surface area contributed by atoms with Crippen LogP contribution in [0, 0.1) is 4.32 Å². The van der Waals surface area contributed by atoms with E-state index in [9.17, 15) is 0 Å². The fourth-order valence-electron chi connectivity index (χ4n) is 2.32. The third-order valence-electron chi connectivity index (χ3n) is 3.29. The first-order chi connectivity index (χ1) is 9.22. The Balaban J connectivity index is 2.29. The van der Waals surface area contributed by atoms with Crippen LogP contribution in [0.2, 0.25) is 0 Å². The fourth-order valence-corrected chi connectivity index (χ4v) is 2.85. The molecule has 0 spiro atoms. The number of ether oxygens (including phenoxy) is 1. The predicted molar refractivity (Wildman–Crippen MR) is 77.4 cm³/mol. The van der Waals surface area contributed by atoms with E-state index in [2.05, 4.69) is 62.1 Å². The molecule has 4 heteroatoms. The summed E-state index contributed by atoms with van der Waals surface area (Å²) in [5, 5.41) is 0. The fraction of sp³-hybridized carbons (Fsp3) is 0.133. The zero-order valence-electron chi connectivity index (χ0n) is 10.8. The minimum absolute atomic E-state index is 0.873. The summed E-state index contributed by atoms with van der Waals surface area (Å²) in [6.45, 7) is 0. The Hall–Kier alpha value is -1.77. The Labute approximate surface area is 119 Å². The van der Waals surface area contributed by atoms with Crippen molar-refractivity contribution in [2.45, 2.75) is 0 Å². The van der Waals surface area contributed by atoms with Crippen LogP contribution >= 0.6 is 0 Å². The van der Waals surface area contributed by atoms with E-state index < -0.39 is 0 Å². The molecule has 0 saturated carbocycles. The molecule has 0 N–H and O–H groups in total. The predicted octanol–water partition coefficient (Wildman–Crippen LogP) is 2.65. The molecule has 0 aliphatic rings. The molecule has 0 radical (unpaired) electrons. The molecule has 3 rings (SSSR count). The van der Waals surface area contributed by atoms with E-state index in [-0.39, 0.29) is 0 Å². The number of aromatic nitrogens is 2. The van der Waals surface area contributed by atoms with Crippen LogP contribution < -0.4 is 4.74 Å². The quantitative estimate of drug-likeness (QED) is 0.665. The van der Waals surface area contributed by atoms with Gasteiger partial charge in [0.25, 0.3) is 0 Å². The van der Waals surface area contributed by atoms with Gasteiger partial charge in [-0.3, -0.25) is 0 Å². The van der Waals surface area contributed by atoms with Gasteiger partial charge in [0.2, 0.25) is 0 Å². The van der Waals surface area contributed by atoms with Crippen molar-refractivity contribution in [1.29, 1.82) is 0 Å². The Morgan fingerprint density at radius 3 is 2.47 bits per heavy atom. The number of methoxy groups -OCH3 is 1. The topological polar surface area (TPSA) is 18.6 Å². The van der Waals surface area contributed by atoms with Crippen LogP contribution in [0.15, 0.2) is 48.7 Å². The van der Waals surface area contributed by atoms with E-state index in [1.165, 1.54) is 16.8 Å². The van der Waals surface area contributed by atoms with Crippen LogP contribution in [-0.4, -0.2) is 31.7 Å². The number of hydrogen-bond donors (Lipinski definition) is 0. The third-order valence-corrected chi connectivity index (χ3v) is 4.28. The van der Waals surface area contributed by atoms with E-state index in [1.54, 1.807) is 7.11 Å². The first kappa shape index (κ1) is 12.3. The van der Waals surface area contributed by atoms with Gasteiger partial charge in [-0.15, -0.1) is 0 Å². The molecule has 0 atom stereocenters. The van der Waals surface area contributed by atoms with Crippen LogP contribution in [0.25, 0.3) is 16.8 Å². The normalized spacial score (nSPS) is 10.8. The Bertz CT molecular complexity index is 784. The van der Waals surface area contributed by atoms with Crippen LogP contribution in [-0.2, 0) is 7.05 Å². The molecule has 0 aliphatic heterocycles. The summed E-state index contributed by atoms with van der Waals surface area (Å²) in [5.74, 6) is 0.873. The Kier molecular flexibility index (Phi) is 3.05. The van der Waals surface area contributed by atoms with Crippen LogP contribution in [0.3, 0.4) is 0 Å². The maximum absolute atomic E-state index is 5.21. The second-order valence-corrected chi connectivity index (χ2v) is 5.14. The van der Waals surface area contributed by atoms with Gasteiger partial charge in [-0.05, 0) is 0 Å².